The van der Waals surface area contributed by atoms with Gasteiger partial charge in [0.1, 0.15) is 0 Å². The van der Waals surface area contributed by atoms with E-state index in [-0.39, 0.29) is 49.2 Å². The van der Waals surface area contributed by atoms with Gasteiger partial charge in [0.2, 0.25) is 0 Å². The van der Waals surface area contributed by atoms with Crippen LogP contribution in [0.1, 0.15) is 33.4 Å². The Morgan fingerprint density at radius 3 is 0.842 bits per heavy atom. The Balaban J connectivity index is -0.000000489. The van der Waals surface area contributed by atoms with Crippen molar-refractivity contribution in [2.24, 2.45) is 0 Å². The number of likely N-dealkylation sites (N-methyl/N-ethyl adjacent to an activating group) is 3. The molecule has 0 radical (unpaired) electrons. The summed E-state index contributed by atoms with van der Waals surface area (Å²) >= 11 is 0. The van der Waals surface area contributed by atoms with Gasteiger partial charge < -0.3 is 24.9 Å². The number of hydrogen-bond acceptors (Lipinski definition) is 6. The van der Waals surface area contributed by atoms with Crippen LogP contribution in [0.15, 0.2) is 24.3 Å². The maximum atomic E-state index is 11.1. The van der Waals surface area contributed by atoms with Gasteiger partial charge in [-0.15, -0.1) is 11.5 Å². The van der Waals surface area contributed by atoms with Crippen LogP contribution in [0.4, 0.5) is 0 Å². The van der Waals surface area contributed by atoms with Gasteiger partial charge in [0.25, 0.3) is 0 Å². The molecular formula is C30H52Li2N4O2. The summed E-state index contributed by atoms with van der Waals surface area (Å²) in [7, 11) is 12.8. The van der Waals surface area contributed by atoms with Crippen molar-refractivity contribution in [2.45, 2.75) is 41.5 Å². The van der Waals surface area contributed by atoms with Gasteiger partial charge in [0.15, 0.2) is 0 Å². The van der Waals surface area contributed by atoms with E-state index in [1.54, 1.807) is 0 Å². The maximum Gasteiger partial charge on any atom is 1.00 e. The van der Waals surface area contributed by atoms with E-state index >= 15 is 0 Å². The molecule has 2 rings (SSSR count). The zero-order valence-corrected chi connectivity index (χ0v) is 27.2. The van der Waals surface area contributed by atoms with Crippen LogP contribution in [0.5, 0.6) is 11.5 Å². The quantitative estimate of drug-likeness (QED) is 0.341. The van der Waals surface area contributed by atoms with Gasteiger partial charge in [-0.2, -0.15) is 0 Å². The Bertz CT molecular complexity index is 776. The van der Waals surface area contributed by atoms with E-state index in [1.807, 2.05) is 65.8 Å². The Morgan fingerprint density at radius 2 is 0.658 bits per heavy atom. The molecule has 0 amide bonds. The summed E-state index contributed by atoms with van der Waals surface area (Å²) < 4.78 is 0. The summed E-state index contributed by atoms with van der Waals surface area (Å²) in [6.45, 7) is 18.3. The number of rotatable bonds is 9. The molecule has 0 saturated heterocycles. The standard InChI is InChI=1S/C12H30N4.2C9H12O.2Li/c1-13(2)7-10-16(11-8-14(3)4)12-9-15(5)6;2*1-6-4-7(2)9(10)8(3)5-6;;/h7-12H2,1-6H3;2*4-5,10H,1-3H3;;/q;;;2*+1/p-2. The van der Waals surface area contributed by atoms with Crippen LogP contribution in [0.2, 0.25) is 0 Å². The first-order valence-corrected chi connectivity index (χ1v) is 12.8. The molecule has 0 N–H and O–H groups in total. The van der Waals surface area contributed by atoms with Crippen molar-refractivity contribution < 1.29 is 47.9 Å². The fraction of sp³-hybridized carbons (Fsp3) is 0.600. The number of hydrogen-bond donors (Lipinski definition) is 0. The summed E-state index contributed by atoms with van der Waals surface area (Å²) in [5.41, 5.74) is 5.70. The number of nitrogens with zero attached hydrogens (tertiary/aromatic N) is 4. The summed E-state index contributed by atoms with van der Waals surface area (Å²) in [6, 6.07) is 7.65. The average molecular weight is 515 g/mol. The molecule has 2 aromatic rings. The predicted octanol–water partition coefficient (Wildman–Crippen LogP) is -2.65. The van der Waals surface area contributed by atoms with E-state index in [9.17, 15) is 10.2 Å². The van der Waals surface area contributed by atoms with Crippen molar-refractivity contribution in [3.8, 4) is 11.5 Å². The minimum absolute atomic E-state index is 0. The van der Waals surface area contributed by atoms with Gasteiger partial charge in [0, 0.05) is 39.3 Å². The van der Waals surface area contributed by atoms with Gasteiger partial charge in [0.05, 0.1) is 0 Å². The van der Waals surface area contributed by atoms with Crippen molar-refractivity contribution >= 4 is 0 Å². The molecule has 0 saturated carbocycles. The molecule has 0 aliphatic heterocycles. The van der Waals surface area contributed by atoms with Crippen LogP contribution in [-0.4, -0.2) is 101 Å². The minimum atomic E-state index is 0. The Hall–Kier alpha value is -0.925. The van der Waals surface area contributed by atoms with E-state index < -0.39 is 0 Å². The van der Waals surface area contributed by atoms with Crippen LogP contribution in [0.25, 0.3) is 0 Å². The van der Waals surface area contributed by atoms with Crippen LogP contribution < -0.4 is 47.9 Å². The Morgan fingerprint density at radius 1 is 0.447 bits per heavy atom. The van der Waals surface area contributed by atoms with Gasteiger partial charge in [-0.1, -0.05) is 57.6 Å². The molecule has 0 aliphatic rings. The predicted molar refractivity (Wildman–Crippen MR) is 152 cm³/mol. The van der Waals surface area contributed by atoms with Gasteiger partial charge >= 0.3 is 37.7 Å². The fourth-order valence-electron chi connectivity index (χ4n) is 3.69. The maximum absolute atomic E-state index is 11.1. The zero-order chi connectivity index (χ0) is 28.0. The molecule has 38 heavy (non-hydrogen) atoms. The largest absolute Gasteiger partial charge is 1.00 e. The number of aryl methyl sites for hydroxylation is 6. The second-order valence-corrected chi connectivity index (χ2v) is 10.7. The van der Waals surface area contributed by atoms with Crippen molar-refractivity contribution in [3.05, 3.63) is 57.6 Å². The second kappa shape index (κ2) is 21.8. The molecule has 6 nitrogen and oxygen atoms in total. The molecule has 0 spiro atoms. The molecule has 2 aromatic carbocycles. The molecule has 206 valence electrons. The van der Waals surface area contributed by atoms with Crippen molar-refractivity contribution in [3.63, 3.8) is 0 Å². The average Bonchev–Trinajstić information content (AvgIpc) is 2.75. The third kappa shape index (κ3) is 19.2. The third-order valence-corrected chi connectivity index (χ3v) is 5.80. The van der Waals surface area contributed by atoms with Crippen molar-refractivity contribution in [2.75, 3.05) is 81.6 Å². The van der Waals surface area contributed by atoms with Crippen molar-refractivity contribution in [1.82, 2.24) is 19.6 Å². The first-order chi connectivity index (χ1) is 16.6. The van der Waals surface area contributed by atoms with Crippen LogP contribution in [0, 0.1) is 41.5 Å². The van der Waals surface area contributed by atoms with E-state index in [0.717, 1.165) is 72.6 Å². The van der Waals surface area contributed by atoms with E-state index in [1.165, 1.54) is 0 Å². The Kier molecular flexibility index (Phi) is 23.9. The van der Waals surface area contributed by atoms with Crippen LogP contribution in [0.3, 0.4) is 0 Å². The molecule has 0 heterocycles. The third-order valence-electron chi connectivity index (χ3n) is 5.80. The summed E-state index contributed by atoms with van der Waals surface area (Å²) in [6.07, 6.45) is 0. The van der Waals surface area contributed by atoms with E-state index in [2.05, 4.69) is 61.9 Å². The van der Waals surface area contributed by atoms with Crippen LogP contribution in [-0.2, 0) is 0 Å². The Labute approximate surface area is 258 Å². The van der Waals surface area contributed by atoms with Crippen molar-refractivity contribution in [1.29, 1.82) is 0 Å². The minimum Gasteiger partial charge on any atom is -0.872 e. The van der Waals surface area contributed by atoms with Crippen LogP contribution >= 0.6 is 0 Å². The topological polar surface area (TPSA) is 59.1 Å². The van der Waals surface area contributed by atoms with Gasteiger partial charge in [-0.3, -0.25) is 4.90 Å². The van der Waals surface area contributed by atoms with E-state index in [4.69, 9.17) is 0 Å². The zero-order valence-electron chi connectivity index (χ0n) is 27.2. The monoisotopic (exact) mass is 514 g/mol. The molecule has 0 unspecified atom stereocenters. The first-order valence-electron chi connectivity index (χ1n) is 12.8. The molecule has 0 atom stereocenters. The summed E-state index contributed by atoms with van der Waals surface area (Å²) in [4.78, 5) is 9.29. The SMILES string of the molecule is CN(C)CCN(CCN(C)C)CCN(C)C.Cc1cc(C)c([O-])c(C)c1.Cc1cc(C)c([O-])c(C)c1.[Li+].[Li+]. The fourth-order valence-corrected chi connectivity index (χ4v) is 3.69. The molecule has 0 aromatic heterocycles. The number of benzene rings is 2. The smallest absolute Gasteiger partial charge is 0.872 e. The second-order valence-electron chi connectivity index (χ2n) is 10.7. The van der Waals surface area contributed by atoms with Gasteiger partial charge in [-0.05, 0) is 83.8 Å². The molecule has 0 aliphatic carbocycles. The normalized spacial score (nSPS) is 10.4. The first kappa shape index (κ1) is 41.6. The van der Waals surface area contributed by atoms with E-state index in [0.29, 0.717) is 0 Å². The summed E-state index contributed by atoms with van der Waals surface area (Å²) in [5.74, 6) is 0.344. The molecule has 0 fully saturated rings. The molecule has 0 bridgehead atoms. The molecular weight excluding hydrogens is 462 g/mol. The van der Waals surface area contributed by atoms with Gasteiger partial charge in [-0.25, -0.2) is 0 Å². The summed E-state index contributed by atoms with van der Waals surface area (Å²) in [5, 5.41) is 22.2. The molecule has 8 heteroatoms.